The van der Waals surface area contributed by atoms with E-state index in [1.807, 2.05) is 18.2 Å². The molecular formula is C25H25ClF3NO2. The average Bonchev–Trinajstić information content (AvgIpc) is 2.78. The summed E-state index contributed by atoms with van der Waals surface area (Å²) in [5.41, 5.74) is 4.39. The number of piperidine rings is 1. The van der Waals surface area contributed by atoms with E-state index in [-0.39, 0.29) is 30.2 Å². The minimum Gasteiger partial charge on any atom is -0.406 e. The van der Waals surface area contributed by atoms with Crippen molar-refractivity contribution in [3.05, 3.63) is 90.0 Å². The van der Waals surface area contributed by atoms with Crippen LogP contribution in [0.1, 0.15) is 23.5 Å². The molecule has 2 unspecified atom stereocenters. The number of hydrogen-bond donors (Lipinski definition) is 1. The molecule has 170 valence electrons. The molecule has 0 bridgehead atoms. The summed E-state index contributed by atoms with van der Waals surface area (Å²) < 4.78 is 47.1. The van der Waals surface area contributed by atoms with E-state index in [0.717, 1.165) is 25.1 Å². The van der Waals surface area contributed by atoms with E-state index in [2.05, 4.69) is 46.5 Å². The molecule has 1 N–H and O–H groups in total. The second kappa shape index (κ2) is 10.9. The molecule has 0 spiro atoms. The van der Waals surface area contributed by atoms with Gasteiger partial charge in [-0.3, -0.25) is 0 Å². The molecule has 4 rings (SSSR count). The lowest BCUT2D eigenvalue weighted by atomic mass is 9.86. The molecule has 3 aromatic rings. The van der Waals surface area contributed by atoms with Crippen molar-refractivity contribution in [2.45, 2.75) is 31.4 Å². The van der Waals surface area contributed by atoms with Crippen molar-refractivity contribution in [2.24, 2.45) is 0 Å². The van der Waals surface area contributed by atoms with Crippen LogP contribution in [0.5, 0.6) is 5.75 Å². The Labute approximate surface area is 192 Å². The van der Waals surface area contributed by atoms with Crippen LogP contribution in [-0.2, 0) is 11.3 Å². The first kappa shape index (κ1) is 24.1. The molecule has 0 radical (unpaired) electrons. The summed E-state index contributed by atoms with van der Waals surface area (Å²) in [5.74, 6) is 0.0175. The zero-order chi connectivity index (χ0) is 21.7. The molecule has 0 saturated carbocycles. The highest BCUT2D eigenvalue weighted by atomic mass is 35.5. The van der Waals surface area contributed by atoms with E-state index in [1.165, 1.54) is 28.8 Å². The number of halogens is 4. The Morgan fingerprint density at radius 1 is 0.875 bits per heavy atom. The Morgan fingerprint density at radius 2 is 1.59 bits per heavy atom. The van der Waals surface area contributed by atoms with Gasteiger partial charge in [-0.25, -0.2) is 0 Å². The van der Waals surface area contributed by atoms with Gasteiger partial charge >= 0.3 is 6.36 Å². The van der Waals surface area contributed by atoms with Crippen molar-refractivity contribution >= 4 is 12.4 Å². The summed E-state index contributed by atoms with van der Waals surface area (Å²) in [7, 11) is 0. The zero-order valence-electron chi connectivity index (χ0n) is 17.3. The van der Waals surface area contributed by atoms with Gasteiger partial charge in [0.1, 0.15) is 5.75 Å². The van der Waals surface area contributed by atoms with Crippen molar-refractivity contribution in [3.63, 3.8) is 0 Å². The molecule has 1 heterocycles. The van der Waals surface area contributed by atoms with Crippen LogP contribution in [0.15, 0.2) is 78.9 Å². The first-order valence-corrected chi connectivity index (χ1v) is 10.3. The lowest BCUT2D eigenvalue weighted by molar-refractivity contribution is -0.274. The van der Waals surface area contributed by atoms with Gasteiger partial charge in [-0.05, 0) is 47.4 Å². The Balaban J connectivity index is 0.00000289. The van der Waals surface area contributed by atoms with E-state index < -0.39 is 6.36 Å². The van der Waals surface area contributed by atoms with Crippen LogP contribution in [0, 0.1) is 0 Å². The van der Waals surface area contributed by atoms with Gasteiger partial charge in [-0.1, -0.05) is 66.7 Å². The summed E-state index contributed by atoms with van der Waals surface area (Å²) in [5, 5.41) is 3.38. The van der Waals surface area contributed by atoms with Crippen LogP contribution in [0.2, 0.25) is 0 Å². The SMILES string of the molecule is Cl.FC(F)(F)Oc1ccc(COC2CNCCC2c2cccc(-c3ccccc3)c2)cc1. The Hall–Kier alpha value is -2.54. The van der Waals surface area contributed by atoms with E-state index in [4.69, 9.17) is 4.74 Å². The summed E-state index contributed by atoms with van der Waals surface area (Å²) in [6, 6.07) is 24.6. The van der Waals surface area contributed by atoms with Gasteiger partial charge in [0, 0.05) is 12.5 Å². The number of ether oxygens (including phenoxy) is 2. The first-order chi connectivity index (χ1) is 15.0. The fraction of sp³-hybridized carbons (Fsp3) is 0.280. The van der Waals surface area contributed by atoms with Crippen LogP contribution in [-0.4, -0.2) is 25.6 Å². The fourth-order valence-electron chi connectivity index (χ4n) is 3.96. The van der Waals surface area contributed by atoms with Crippen molar-refractivity contribution in [1.29, 1.82) is 0 Å². The number of alkyl halides is 3. The molecule has 2 atom stereocenters. The third kappa shape index (κ3) is 6.48. The molecule has 3 nitrogen and oxygen atoms in total. The van der Waals surface area contributed by atoms with Crippen LogP contribution < -0.4 is 10.1 Å². The smallest absolute Gasteiger partial charge is 0.406 e. The average molecular weight is 464 g/mol. The van der Waals surface area contributed by atoms with Crippen molar-refractivity contribution in [3.8, 4) is 16.9 Å². The summed E-state index contributed by atoms with van der Waals surface area (Å²) in [6.07, 6.45) is -3.75. The van der Waals surface area contributed by atoms with Crippen LogP contribution in [0.25, 0.3) is 11.1 Å². The second-order valence-electron chi connectivity index (χ2n) is 7.63. The molecule has 32 heavy (non-hydrogen) atoms. The highest BCUT2D eigenvalue weighted by Crippen LogP contribution is 2.31. The van der Waals surface area contributed by atoms with Gasteiger partial charge in [0.05, 0.1) is 12.7 Å². The molecule has 0 aromatic heterocycles. The predicted molar refractivity (Wildman–Crippen MR) is 121 cm³/mol. The molecule has 0 aliphatic carbocycles. The van der Waals surface area contributed by atoms with E-state index in [1.54, 1.807) is 12.1 Å². The fourth-order valence-corrected chi connectivity index (χ4v) is 3.96. The van der Waals surface area contributed by atoms with Crippen molar-refractivity contribution < 1.29 is 22.6 Å². The third-order valence-electron chi connectivity index (χ3n) is 5.47. The number of rotatable bonds is 6. The molecular weight excluding hydrogens is 439 g/mol. The minimum absolute atomic E-state index is 0. The molecule has 1 aliphatic heterocycles. The van der Waals surface area contributed by atoms with Gasteiger partial charge in [0.2, 0.25) is 0 Å². The molecule has 0 amide bonds. The van der Waals surface area contributed by atoms with Crippen molar-refractivity contribution in [2.75, 3.05) is 13.1 Å². The molecule has 7 heteroatoms. The van der Waals surface area contributed by atoms with Gasteiger partial charge in [0.15, 0.2) is 0 Å². The van der Waals surface area contributed by atoms with E-state index >= 15 is 0 Å². The lowest BCUT2D eigenvalue weighted by Crippen LogP contribution is -2.41. The molecule has 3 aromatic carbocycles. The molecule has 1 saturated heterocycles. The highest BCUT2D eigenvalue weighted by Gasteiger charge is 2.31. The van der Waals surface area contributed by atoms with Gasteiger partial charge in [0.25, 0.3) is 0 Å². The second-order valence-corrected chi connectivity index (χ2v) is 7.63. The maximum Gasteiger partial charge on any atom is 0.573 e. The third-order valence-corrected chi connectivity index (χ3v) is 5.47. The Bertz CT molecular complexity index is 980. The van der Waals surface area contributed by atoms with Gasteiger partial charge in [-0.2, -0.15) is 0 Å². The zero-order valence-corrected chi connectivity index (χ0v) is 18.2. The van der Waals surface area contributed by atoms with Crippen LogP contribution in [0.3, 0.4) is 0 Å². The Morgan fingerprint density at radius 3 is 2.31 bits per heavy atom. The van der Waals surface area contributed by atoms with E-state index in [0.29, 0.717) is 6.61 Å². The first-order valence-electron chi connectivity index (χ1n) is 10.3. The quantitative estimate of drug-likeness (QED) is 0.463. The lowest BCUT2D eigenvalue weighted by Gasteiger charge is -2.33. The predicted octanol–water partition coefficient (Wildman–Crippen LogP) is 6.34. The normalized spacial score (nSPS) is 18.6. The van der Waals surface area contributed by atoms with Crippen molar-refractivity contribution in [1.82, 2.24) is 5.32 Å². The summed E-state index contributed by atoms with van der Waals surface area (Å²) in [6.45, 7) is 1.98. The van der Waals surface area contributed by atoms with Gasteiger partial charge in [-0.15, -0.1) is 25.6 Å². The number of hydrogen-bond acceptors (Lipinski definition) is 3. The number of benzene rings is 3. The minimum atomic E-state index is -4.69. The Kier molecular flexibility index (Phi) is 8.18. The summed E-state index contributed by atoms with van der Waals surface area (Å²) >= 11 is 0. The molecule has 1 aliphatic rings. The standard InChI is InChI=1S/C25H24F3NO2.ClH/c26-25(27,28)31-22-11-9-18(10-12-22)17-30-24-16-29-14-13-23(24)21-8-4-7-20(15-21)19-5-2-1-3-6-19;/h1-12,15,23-24,29H,13-14,16-17H2;1H. The monoisotopic (exact) mass is 463 g/mol. The molecule has 1 fully saturated rings. The topological polar surface area (TPSA) is 30.5 Å². The van der Waals surface area contributed by atoms with Crippen LogP contribution in [0.4, 0.5) is 13.2 Å². The number of nitrogens with one attached hydrogen (secondary N) is 1. The maximum atomic E-state index is 12.3. The van der Waals surface area contributed by atoms with E-state index in [9.17, 15) is 13.2 Å². The van der Waals surface area contributed by atoms with Gasteiger partial charge < -0.3 is 14.8 Å². The van der Waals surface area contributed by atoms with Crippen LogP contribution >= 0.6 is 12.4 Å². The maximum absolute atomic E-state index is 12.3. The largest absolute Gasteiger partial charge is 0.573 e. The summed E-state index contributed by atoms with van der Waals surface area (Å²) in [4.78, 5) is 0. The highest BCUT2D eigenvalue weighted by molar-refractivity contribution is 5.85.